The van der Waals surface area contributed by atoms with Gasteiger partial charge in [-0.15, -0.1) is 11.8 Å². The van der Waals surface area contributed by atoms with Crippen LogP contribution in [0, 0.1) is 29.6 Å². The predicted octanol–water partition coefficient (Wildman–Crippen LogP) is 5.31. The van der Waals surface area contributed by atoms with Crippen molar-refractivity contribution in [2.24, 2.45) is 29.6 Å². The highest BCUT2D eigenvalue weighted by Crippen LogP contribution is 2.68. The lowest BCUT2D eigenvalue weighted by atomic mass is 9.68. The maximum atomic E-state index is 13.9. The van der Waals surface area contributed by atoms with Gasteiger partial charge in [0.25, 0.3) is 5.91 Å². The number of amides is 3. The Morgan fingerprint density at radius 2 is 1.62 bits per heavy atom. The molecule has 244 valence electrons. The van der Waals surface area contributed by atoms with Crippen LogP contribution >= 0.6 is 23.1 Å². The molecule has 12 heteroatoms. The van der Waals surface area contributed by atoms with Gasteiger partial charge in [0.1, 0.15) is 5.75 Å². The molecule has 3 heterocycles. The second kappa shape index (κ2) is 12.1. The van der Waals surface area contributed by atoms with E-state index < -0.39 is 5.97 Å². The zero-order valence-electron chi connectivity index (χ0n) is 25.8. The molecule has 3 amide bonds. The van der Waals surface area contributed by atoms with Crippen molar-refractivity contribution in [1.29, 1.82) is 0 Å². The third-order valence-corrected chi connectivity index (χ3v) is 12.6. The number of H-pyrrole nitrogens is 1. The van der Waals surface area contributed by atoms with E-state index in [1.807, 2.05) is 54.6 Å². The number of anilines is 2. The average Bonchev–Trinajstić information content (AvgIpc) is 3.83. The molecular formula is C36H31N3O7S2. The maximum Gasteiger partial charge on any atom is 0.338 e. The first-order valence-corrected chi connectivity index (χ1v) is 17.6. The van der Waals surface area contributed by atoms with Gasteiger partial charge in [0.05, 0.1) is 34.7 Å². The van der Waals surface area contributed by atoms with Crippen molar-refractivity contribution < 1.29 is 28.7 Å². The van der Waals surface area contributed by atoms with Crippen LogP contribution in [0.1, 0.15) is 40.1 Å². The number of aromatic amines is 1. The molecule has 4 aliphatic rings. The molecule has 6 unspecified atom stereocenters. The molecule has 10 nitrogen and oxygen atoms in total. The van der Waals surface area contributed by atoms with Gasteiger partial charge in [-0.1, -0.05) is 41.7 Å². The standard InChI is InChI=1S/C36H31N3O7S2/c1-2-45-35(43)19-8-12-20(13-9-19)37-25(40)17-46-22-14-10-18(11-15-22)26-27-23-16-24(30(27)47-32-31(26)48-36(44)38-32)29-28(23)33(41)39(34(29)42)21-6-4-3-5-7-21/h3-15,23-24,26-30H,2,16-17H2,1H3,(H,37,40)(H,38,44)/t23?,24?,26-,27?,28?,29?,30?/m1/s1. The highest BCUT2D eigenvalue weighted by atomic mass is 32.2. The summed E-state index contributed by atoms with van der Waals surface area (Å²) in [5, 5.41) is 3.71. The molecule has 2 aliphatic heterocycles. The number of hydrogen-bond donors (Lipinski definition) is 2. The second-order valence-electron chi connectivity index (χ2n) is 12.5. The van der Waals surface area contributed by atoms with Gasteiger partial charge in [-0.05, 0) is 85.2 Å². The fraction of sp³-hybridized carbons (Fsp3) is 0.306. The number of hydrogen-bond acceptors (Lipinski definition) is 9. The highest BCUT2D eigenvalue weighted by molar-refractivity contribution is 8.00. The van der Waals surface area contributed by atoms with Crippen molar-refractivity contribution >= 4 is 58.2 Å². The summed E-state index contributed by atoms with van der Waals surface area (Å²) in [6.45, 7) is 1.81. The third-order valence-electron chi connectivity index (χ3n) is 10.0. The first-order chi connectivity index (χ1) is 23.3. The van der Waals surface area contributed by atoms with Crippen LogP contribution in [0.2, 0.25) is 0 Å². The summed E-state index contributed by atoms with van der Waals surface area (Å²) in [6.07, 6.45) is 0.815. The van der Waals surface area contributed by atoms with Gasteiger partial charge < -0.3 is 19.8 Å². The minimum Gasteiger partial charge on any atom is -0.484 e. The largest absolute Gasteiger partial charge is 0.484 e. The van der Waals surface area contributed by atoms with Gasteiger partial charge in [0.2, 0.25) is 11.8 Å². The van der Waals surface area contributed by atoms with Crippen LogP contribution in [0.3, 0.4) is 0 Å². The summed E-state index contributed by atoms with van der Waals surface area (Å²) < 4.78 is 10.8. The van der Waals surface area contributed by atoms with E-state index >= 15 is 0 Å². The van der Waals surface area contributed by atoms with E-state index in [0.29, 0.717) is 22.7 Å². The zero-order chi connectivity index (χ0) is 33.1. The van der Waals surface area contributed by atoms with Crippen LogP contribution < -0.4 is 19.8 Å². The fourth-order valence-electron chi connectivity index (χ4n) is 8.24. The van der Waals surface area contributed by atoms with E-state index in [9.17, 15) is 24.0 Å². The maximum absolute atomic E-state index is 13.9. The van der Waals surface area contributed by atoms with Crippen molar-refractivity contribution in [2.75, 3.05) is 23.4 Å². The van der Waals surface area contributed by atoms with E-state index in [-0.39, 0.29) is 76.6 Å². The van der Waals surface area contributed by atoms with Gasteiger partial charge in [0, 0.05) is 21.7 Å². The number of rotatable bonds is 8. The summed E-state index contributed by atoms with van der Waals surface area (Å²) in [5.41, 5.74) is 2.55. The van der Waals surface area contributed by atoms with Crippen molar-refractivity contribution in [3.63, 3.8) is 0 Å². The molecule has 8 rings (SSSR count). The molecule has 2 N–H and O–H groups in total. The molecule has 4 aromatic rings. The Balaban J connectivity index is 0.996. The topological polar surface area (TPSA) is 135 Å². The van der Waals surface area contributed by atoms with Crippen LogP contribution in [0.15, 0.2) is 88.7 Å². The van der Waals surface area contributed by atoms with Crippen LogP contribution in [0.25, 0.3) is 0 Å². The van der Waals surface area contributed by atoms with Crippen LogP contribution in [-0.4, -0.2) is 47.1 Å². The molecule has 0 radical (unpaired) electrons. The number of fused-ring (bicyclic) bond motifs is 9. The summed E-state index contributed by atoms with van der Waals surface area (Å²) in [7, 11) is 0. The number of carbonyl (C=O) groups excluding carboxylic acids is 4. The smallest absolute Gasteiger partial charge is 0.338 e. The first-order valence-electron chi connectivity index (χ1n) is 15.9. The molecule has 48 heavy (non-hydrogen) atoms. The lowest BCUT2D eigenvalue weighted by Crippen LogP contribution is -2.42. The van der Waals surface area contributed by atoms with Gasteiger partial charge in [-0.25, -0.2) is 4.79 Å². The number of esters is 1. The Morgan fingerprint density at radius 1 is 0.917 bits per heavy atom. The Hall–Kier alpha value is -4.68. The van der Waals surface area contributed by atoms with Crippen molar-refractivity contribution in [1.82, 2.24) is 4.98 Å². The number of benzene rings is 3. The van der Waals surface area contributed by atoms with E-state index in [1.165, 1.54) is 16.2 Å². The molecular weight excluding hydrogens is 651 g/mol. The molecule has 0 spiro atoms. The fourth-order valence-corrected chi connectivity index (χ4v) is 11.1. The van der Waals surface area contributed by atoms with Crippen molar-refractivity contribution in [3.8, 4) is 5.75 Å². The minimum atomic E-state index is -0.423. The zero-order valence-corrected chi connectivity index (χ0v) is 27.4. The quantitative estimate of drug-likeness (QED) is 0.189. The second-order valence-corrected chi connectivity index (χ2v) is 14.7. The van der Waals surface area contributed by atoms with E-state index in [2.05, 4.69) is 10.3 Å². The minimum absolute atomic E-state index is 0.0176. The molecule has 2 saturated carbocycles. The summed E-state index contributed by atoms with van der Waals surface area (Å²) >= 11 is 2.87. The SMILES string of the molecule is CCOC(=O)c1ccc(NC(=O)COc2ccc([C@H]3c4sc(=O)[nH]c4SC4C5CC(C6C(=O)N(c7ccccc7)C(=O)C56)C43)cc2)cc1. The van der Waals surface area contributed by atoms with Crippen molar-refractivity contribution in [3.05, 3.63) is 105 Å². The predicted molar refractivity (Wildman–Crippen MR) is 180 cm³/mol. The van der Waals surface area contributed by atoms with Gasteiger partial charge >= 0.3 is 10.8 Å². The van der Waals surface area contributed by atoms with Crippen LogP contribution in [0.4, 0.5) is 11.4 Å². The highest BCUT2D eigenvalue weighted by Gasteiger charge is 2.69. The van der Waals surface area contributed by atoms with E-state index in [1.54, 1.807) is 43.0 Å². The first kappa shape index (κ1) is 30.6. The number of imide groups is 1. The number of nitrogens with zero attached hydrogens (tertiary/aromatic N) is 1. The molecule has 7 atom stereocenters. The normalized spacial score (nSPS) is 26.5. The number of ether oxygens (including phenoxy) is 2. The summed E-state index contributed by atoms with van der Waals surface area (Å²) in [6, 6.07) is 23.2. The third kappa shape index (κ3) is 5.05. The monoisotopic (exact) mass is 681 g/mol. The Bertz CT molecular complexity index is 1970. The van der Waals surface area contributed by atoms with Crippen molar-refractivity contribution in [2.45, 2.75) is 29.5 Å². The van der Waals surface area contributed by atoms with E-state index in [4.69, 9.17) is 9.47 Å². The Morgan fingerprint density at radius 3 is 2.33 bits per heavy atom. The van der Waals surface area contributed by atoms with E-state index in [0.717, 1.165) is 21.9 Å². The average molecular weight is 682 g/mol. The molecule has 3 fully saturated rings. The number of nitrogens with one attached hydrogen (secondary N) is 2. The van der Waals surface area contributed by atoms with Gasteiger partial charge in [0.15, 0.2) is 6.61 Å². The summed E-state index contributed by atoms with van der Waals surface area (Å²) in [4.78, 5) is 70.0. The number of carbonyl (C=O) groups is 4. The lowest BCUT2D eigenvalue weighted by molar-refractivity contribution is -0.123. The molecule has 3 aromatic carbocycles. The van der Waals surface area contributed by atoms with Gasteiger partial charge in [-0.3, -0.25) is 24.1 Å². The Labute approximate surface area is 283 Å². The number of para-hydroxylation sites is 1. The number of thiazole rings is 1. The lowest BCUT2D eigenvalue weighted by Gasteiger charge is -2.43. The molecule has 2 aliphatic carbocycles. The Kier molecular flexibility index (Phi) is 7.72. The van der Waals surface area contributed by atoms with Crippen LogP contribution in [0.5, 0.6) is 5.75 Å². The molecule has 1 aromatic heterocycles. The molecule has 2 bridgehead atoms. The summed E-state index contributed by atoms with van der Waals surface area (Å²) in [5.74, 6) is -1.17. The van der Waals surface area contributed by atoms with Gasteiger partial charge in [-0.2, -0.15) is 0 Å². The van der Waals surface area contributed by atoms with Crippen LogP contribution in [-0.2, 0) is 19.1 Å². The molecule has 1 saturated heterocycles. The number of aromatic nitrogens is 1. The number of thioether (sulfide) groups is 1.